The molecule has 0 saturated carbocycles. The van der Waals surface area contributed by atoms with Crippen LogP contribution in [0.1, 0.15) is 49.2 Å². The van der Waals surface area contributed by atoms with Crippen molar-refractivity contribution in [2.24, 2.45) is 5.41 Å². The molecule has 0 saturated heterocycles. The predicted octanol–water partition coefficient (Wildman–Crippen LogP) is 3.05. The molecule has 0 aliphatic rings. The highest BCUT2D eigenvalue weighted by molar-refractivity contribution is 7.09. The maximum Gasteiger partial charge on any atom is 0.225 e. The molecular weight excluding hydrogens is 280 g/mol. The number of hydrogen-bond acceptors (Lipinski definition) is 4. The van der Waals surface area contributed by atoms with Crippen molar-refractivity contribution in [1.29, 1.82) is 0 Å². The van der Waals surface area contributed by atoms with Crippen molar-refractivity contribution in [3.05, 3.63) is 33.7 Å². The molecule has 0 aliphatic carbocycles. The van der Waals surface area contributed by atoms with Crippen molar-refractivity contribution in [3.8, 4) is 0 Å². The number of rotatable bonds is 4. The van der Waals surface area contributed by atoms with Crippen LogP contribution in [0.5, 0.6) is 0 Å². The minimum atomic E-state index is 0.372. The van der Waals surface area contributed by atoms with Crippen LogP contribution >= 0.6 is 11.3 Å². The van der Waals surface area contributed by atoms with Crippen LogP contribution in [0, 0.1) is 19.3 Å². The molecule has 0 unspecified atom stereocenters. The number of thiazole rings is 1. The lowest BCUT2D eigenvalue weighted by Gasteiger charge is -2.16. The van der Waals surface area contributed by atoms with Gasteiger partial charge in [-0.15, -0.1) is 0 Å². The molecule has 0 fully saturated rings. The molecule has 0 atom stereocenters. The Morgan fingerprint density at radius 2 is 2.00 bits per heavy atom. The van der Waals surface area contributed by atoms with E-state index in [0.29, 0.717) is 17.1 Å². The fraction of sp³-hybridized carbons (Fsp3) is 0.562. The normalized spacial score (nSPS) is 11.9. The molecule has 2 rings (SSSR count). The predicted molar refractivity (Wildman–Crippen MR) is 87.3 cm³/mol. The molecule has 0 aliphatic heterocycles. The van der Waals surface area contributed by atoms with E-state index in [0.717, 1.165) is 18.5 Å². The van der Waals surface area contributed by atoms with Crippen molar-refractivity contribution in [2.75, 3.05) is 5.73 Å². The Balaban J connectivity index is 2.13. The number of anilines is 1. The highest BCUT2D eigenvalue weighted by Crippen LogP contribution is 2.24. The van der Waals surface area contributed by atoms with Crippen LogP contribution < -0.4 is 10.3 Å². The molecule has 0 spiro atoms. The van der Waals surface area contributed by atoms with Crippen LogP contribution in [-0.4, -0.2) is 9.97 Å². The Hall–Kier alpha value is -1.49. The number of hydrogen-bond donors (Lipinski definition) is 1. The van der Waals surface area contributed by atoms with Crippen molar-refractivity contribution >= 4 is 17.2 Å². The van der Waals surface area contributed by atoms with Gasteiger partial charge in [0.2, 0.25) is 5.51 Å². The van der Waals surface area contributed by atoms with Gasteiger partial charge in [0, 0.05) is 13.1 Å². The van der Waals surface area contributed by atoms with Crippen LogP contribution in [-0.2, 0) is 13.0 Å². The van der Waals surface area contributed by atoms with Crippen molar-refractivity contribution < 1.29 is 4.57 Å². The second-order valence-corrected chi connectivity index (χ2v) is 7.69. The zero-order valence-corrected chi connectivity index (χ0v) is 14.4. The summed E-state index contributed by atoms with van der Waals surface area (Å²) in [6, 6.07) is 0. The fourth-order valence-electron chi connectivity index (χ4n) is 2.15. The lowest BCUT2D eigenvalue weighted by atomic mass is 9.90. The van der Waals surface area contributed by atoms with Crippen molar-refractivity contribution in [3.63, 3.8) is 0 Å². The zero-order valence-electron chi connectivity index (χ0n) is 13.6. The Bertz CT molecular complexity index is 626. The maximum absolute atomic E-state index is 5.98. The maximum atomic E-state index is 5.98. The summed E-state index contributed by atoms with van der Waals surface area (Å²) < 4.78 is 2.24. The molecule has 0 amide bonds. The van der Waals surface area contributed by atoms with Crippen LogP contribution in [0.15, 0.2) is 11.7 Å². The minimum absolute atomic E-state index is 0.372. The summed E-state index contributed by atoms with van der Waals surface area (Å²) in [5, 5.41) is 0. The largest absolute Gasteiger partial charge is 0.383 e. The smallest absolute Gasteiger partial charge is 0.225 e. The van der Waals surface area contributed by atoms with Gasteiger partial charge >= 0.3 is 0 Å². The zero-order chi connectivity index (χ0) is 15.6. The van der Waals surface area contributed by atoms with E-state index in [1.54, 1.807) is 0 Å². The molecule has 0 radical (unpaired) electrons. The minimum Gasteiger partial charge on any atom is -0.383 e. The van der Waals surface area contributed by atoms with E-state index in [1.165, 1.54) is 17.0 Å². The number of aryl methyl sites for hydroxylation is 2. The highest BCUT2D eigenvalue weighted by Gasteiger charge is 2.19. The summed E-state index contributed by atoms with van der Waals surface area (Å²) in [7, 11) is 0. The van der Waals surface area contributed by atoms with Gasteiger partial charge in [0.15, 0.2) is 12.2 Å². The van der Waals surface area contributed by atoms with Gasteiger partial charge in [-0.05, 0) is 25.2 Å². The third-order valence-electron chi connectivity index (χ3n) is 3.62. The molecule has 0 aromatic carbocycles. The number of nitrogen functional groups attached to an aromatic ring is 1. The van der Waals surface area contributed by atoms with E-state index >= 15 is 0 Å². The molecule has 21 heavy (non-hydrogen) atoms. The van der Waals surface area contributed by atoms with Gasteiger partial charge in [-0.1, -0.05) is 32.1 Å². The van der Waals surface area contributed by atoms with Gasteiger partial charge in [-0.2, -0.15) is 4.57 Å². The Morgan fingerprint density at radius 3 is 2.62 bits per heavy atom. The molecule has 5 heteroatoms. The highest BCUT2D eigenvalue weighted by atomic mass is 32.1. The first kappa shape index (κ1) is 15.9. The van der Waals surface area contributed by atoms with E-state index in [2.05, 4.69) is 47.7 Å². The fourth-order valence-corrected chi connectivity index (χ4v) is 3.15. The van der Waals surface area contributed by atoms with Gasteiger partial charge in [0.05, 0.1) is 10.4 Å². The molecule has 2 aromatic rings. The topological polar surface area (TPSA) is 55.7 Å². The Labute approximate surface area is 131 Å². The Kier molecular flexibility index (Phi) is 4.61. The first-order valence-corrected chi connectivity index (χ1v) is 8.18. The average molecular weight is 305 g/mol. The SMILES string of the molecule is Cc1ncc(C[n+]2csc(CCC(C)(C)C)c2C)c(N)n1. The summed E-state index contributed by atoms with van der Waals surface area (Å²) in [5.41, 5.74) is 10.8. The van der Waals surface area contributed by atoms with Gasteiger partial charge in [-0.3, -0.25) is 0 Å². The average Bonchev–Trinajstić information content (AvgIpc) is 2.71. The van der Waals surface area contributed by atoms with Crippen molar-refractivity contribution in [1.82, 2.24) is 9.97 Å². The molecule has 2 N–H and O–H groups in total. The second kappa shape index (κ2) is 6.10. The van der Waals surface area contributed by atoms with Crippen LogP contribution in [0.3, 0.4) is 0 Å². The molecular formula is C16H25N4S+. The van der Waals surface area contributed by atoms with Crippen molar-refractivity contribution in [2.45, 2.75) is 54.0 Å². The summed E-state index contributed by atoms with van der Waals surface area (Å²) in [4.78, 5) is 9.93. The monoisotopic (exact) mass is 305 g/mol. The molecule has 114 valence electrons. The molecule has 4 nitrogen and oxygen atoms in total. The lowest BCUT2D eigenvalue weighted by molar-refractivity contribution is -0.689. The first-order chi connectivity index (χ1) is 9.76. The van der Waals surface area contributed by atoms with E-state index in [-0.39, 0.29) is 0 Å². The van der Waals surface area contributed by atoms with Gasteiger partial charge in [-0.25, -0.2) is 9.97 Å². The third-order valence-corrected chi connectivity index (χ3v) is 4.76. The standard InChI is InChI=1S/C16H25N4S/c1-11-14(6-7-16(3,4)5)21-10-20(11)9-13-8-18-12(2)19-15(13)17/h8,10H,6-7,9H2,1-5H3,(H2,17,18,19)/q+1. The molecule has 2 heterocycles. The van der Waals surface area contributed by atoms with E-state index < -0.39 is 0 Å². The molecule has 2 aromatic heterocycles. The van der Waals surface area contributed by atoms with Crippen LogP contribution in [0.2, 0.25) is 0 Å². The summed E-state index contributed by atoms with van der Waals surface area (Å²) >= 11 is 1.83. The van der Waals surface area contributed by atoms with Crippen LogP contribution in [0.4, 0.5) is 5.82 Å². The van der Waals surface area contributed by atoms with Crippen LogP contribution in [0.25, 0.3) is 0 Å². The summed E-state index contributed by atoms with van der Waals surface area (Å²) in [6.07, 6.45) is 4.16. The van der Waals surface area contributed by atoms with Gasteiger partial charge < -0.3 is 5.73 Å². The van der Waals surface area contributed by atoms with E-state index in [1.807, 2.05) is 24.5 Å². The van der Waals surface area contributed by atoms with Gasteiger partial charge in [0.25, 0.3) is 0 Å². The van der Waals surface area contributed by atoms with Gasteiger partial charge in [0.1, 0.15) is 11.6 Å². The lowest BCUT2D eigenvalue weighted by Crippen LogP contribution is -2.35. The Morgan fingerprint density at radius 1 is 1.29 bits per heavy atom. The van der Waals surface area contributed by atoms with E-state index in [9.17, 15) is 0 Å². The third kappa shape index (κ3) is 4.24. The number of nitrogens with zero attached hydrogens (tertiary/aromatic N) is 3. The summed E-state index contributed by atoms with van der Waals surface area (Å²) in [6.45, 7) is 11.6. The second-order valence-electron chi connectivity index (χ2n) is 6.75. The summed E-state index contributed by atoms with van der Waals surface area (Å²) in [5.74, 6) is 1.30. The number of aromatic nitrogens is 3. The number of nitrogens with two attached hydrogens (primary N) is 1. The first-order valence-electron chi connectivity index (χ1n) is 7.30. The van der Waals surface area contributed by atoms with E-state index in [4.69, 9.17) is 5.73 Å². The molecule has 0 bridgehead atoms. The quantitative estimate of drug-likeness (QED) is 0.883.